The molecular weight excluding hydrogens is 220 g/mol. The normalized spacial score (nSPS) is 11.9. The van der Waals surface area contributed by atoms with E-state index in [1.54, 1.807) is 0 Å². The summed E-state index contributed by atoms with van der Waals surface area (Å²) >= 11 is 0. The molecule has 0 radical (unpaired) electrons. The molecule has 0 spiro atoms. The molecule has 4 heteroatoms. The summed E-state index contributed by atoms with van der Waals surface area (Å²) in [7, 11) is 1.30. The predicted molar refractivity (Wildman–Crippen MR) is 62.6 cm³/mol. The highest BCUT2D eigenvalue weighted by atomic mass is 16.6. The Bertz CT molecular complexity index is 372. The Kier molecular flexibility index (Phi) is 5.36. The van der Waals surface area contributed by atoms with Crippen LogP contribution in [0.25, 0.3) is 0 Å². The third-order valence-electron chi connectivity index (χ3n) is 2.22. The Morgan fingerprint density at radius 2 is 1.88 bits per heavy atom. The topological polar surface area (TPSA) is 52.6 Å². The SMILES string of the molecule is COC(=O)C(Cc1ccccc1)OCC(C)=O. The highest BCUT2D eigenvalue weighted by Gasteiger charge is 2.20. The minimum atomic E-state index is -0.730. The van der Waals surface area contributed by atoms with E-state index in [2.05, 4.69) is 4.74 Å². The van der Waals surface area contributed by atoms with E-state index in [-0.39, 0.29) is 12.4 Å². The van der Waals surface area contributed by atoms with Gasteiger partial charge in [-0.3, -0.25) is 4.79 Å². The number of Topliss-reactive ketones (excluding diaryl/α,β-unsaturated/α-hetero) is 1. The molecule has 1 atom stereocenters. The molecule has 1 aromatic carbocycles. The van der Waals surface area contributed by atoms with Crippen molar-refractivity contribution in [2.75, 3.05) is 13.7 Å². The van der Waals surface area contributed by atoms with Crippen LogP contribution in [0.5, 0.6) is 0 Å². The smallest absolute Gasteiger partial charge is 0.335 e. The van der Waals surface area contributed by atoms with E-state index in [9.17, 15) is 9.59 Å². The molecule has 4 nitrogen and oxygen atoms in total. The van der Waals surface area contributed by atoms with Crippen LogP contribution in [0.4, 0.5) is 0 Å². The van der Waals surface area contributed by atoms with Gasteiger partial charge in [-0.15, -0.1) is 0 Å². The lowest BCUT2D eigenvalue weighted by molar-refractivity contribution is -0.155. The second-order valence-corrected chi connectivity index (χ2v) is 3.71. The van der Waals surface area contributed by atoms with Crippen LogP contribution in [0, 0.1) is 0 Å². The standard InChI is InChI=1S/C13H16O4/c1-10(14)9-17-12(13(15)16-2)8-11-6-4-3-5-7-11/h3-7,12H,8-9H2,1-2H3. The number of ether oxygens (including phenoxy) is 2. The average Bonchev–Trinajstić information content (AvgIpc) is 2.34. The number of carbonyl (C=O) groups is 2. The molecule has 0 fully saturated rings. The first kappa shape index (κ1) is 13.4. The lowest BCUT2D eigenvalue weighted by Crippen LogP contribution is -2.29. The van der Waals surface area contributed by atoms with E-state index < -0.39 is 12.1 Å². The third kappa shape index (κ3) is 4.78. The quantitative estimate of drug-likeness (QED) is 0.700. The fraction of sp³-hybridized carbons (Fsp3) is 0.385. The largest absolute Gasteiger partial charge is 0.467 e. The van der Waals surface area contributed by atoms with Crippen molar-refractivity contribution in [3.05, 3.63) is 35.9 Å². The van der Waals surface area contributed by atoms with Crippen LogP contribution in [0.15, 0.2) is 30.3 Å². The Hall–Kier alpha value is -1.68. The molecule has 0 aliphatic carbocycles. The average molecular weight is 236 g/mol. The van der Waals surface area contributed by atoms with E-state index in [1.165, 1.54) is 14.0 Å². The highest BCUT2D eigenvalue weighted by molar-refractivity contribution is 5.78. The fourth-order valence-electron chi connectivity index (χ4n) is 1.39. The summed E-state index contributed by atoms with van der Waals surface area (Å²) in [5.41, 5.74) is 0.964. The summed E-state index contributed by atoms with van der Waals surface area (Å²) in [6.45, 7) is 1.34. The number of carbonyl (C=O) groups excluding carboxylic acids is 2. The lowest BCUT2D eigenvalue weighted by Gasteiger charge is -2.14. The van der Waals surface area contributed by atoms with E-state index in [4.69, 9.17) is 4.74 Å². The number of hydrogen-bond donors (Lipinski definition) is 0. The monoisotopic (exact) mass is 236 g/mol. The van der Waals surface area contributed by atoms with Crippen LogP contribution >= 0.6 is 0 Å². The molecule has 1 aromatic rings. The first-order valence-corrected chi connectivity index (χ1v) is 5.36. The van der Waals surface area contributed by atoms with Gasteiger partial charge in [0.25, 0.3) is 0 Å². The summed E-state index contributed by atoms with van der Waals surface area (Å²) < 4.78 is 9.88. The molecule has 0 bridgehead atoms. The van der Waals surface area contributed by atoms with Gasteiger partial charge in [-0.05, 0) is 12.5 Å². The zero-order valence-electron chi connectivity index (χ0n) is 10.0. The van der Waals surface area contributed by atoms with E-state index in [0.29, 0.717) is 6.42 Å². The second kappa shape index (κ2) is 6.81. The van der Waals surface area contributed by atoms with Gasteiger partial charge in [0.15, 0.2) is 11.9 Å². The summed E-state index contributed by atoms with van der Waals surface area (Å²) in [5.74, 6) is -0.581. The van der Waals surface area contributed by atoms with Gasteiger partial charge in [-0.1, -0.05) is 30.3 Å². The van der Waals surface area contributed by atoms with Gasteiger partial charge in [0, 0.05) is 6.42 Å². The van der Waals surface area contributed by atoms with Crippen molar-refractivity contribution in [3.63, 3.8) is 0 Å². The zero-order valence-corrected chi connectivity index (χ0v) is 10.0. The minimum absolute atomic E-state index is 0.0768. The van der Waals surface area contributed by atoms with Crippen molar-refractivity contribution >= 4 is 11.8 Å². The molecule has 0 heterocycles. The number of ketones is 1. The van der Waals surface area contributed by atoms with Gasteiger partial charge in [0.2, 0.25) is 0 Å². The van der Waals surface area contributed by atoms with Crippen molar-refractivity contribution in [2.24, 2.45) is 0 Å². The van der Waals surface area contributed by atoms with Crippen molar-refractivity contribution in [3.8, 4) is 0 Å². The molecule has 0 saturated heterocycles. The molecule has 0 amide bonds. The van der Waals surface area contributed by atoms with Gasteiger partial charge in [0.05, 0.1) is 7.11 Å². The van der Waals surface area contributed by atoms with Crippen LogP contribution in [0.1, 0.15) is 12.5 Å². The molecule has 0 N–H and O–H groups in total. The molecule has 17 heavy (non-hydrogen) atoms. The second-order valence-electron chi connectivity index (χ2n) is 3.71. The molecule has 0 saturated carbocycles. The van der Waals surface area contributed by atoms with Crippen LogP contribution in [-0.4, -0.2) is 31.6 Å². The van der Waals surface area contributed by atoms with E-state index in [0.717, 1.165) is 5.56 Å². The number of rotatable bonds is 6. The van der Waals surface area contributed by atoms with Gasteiger partial charge in [-0.2, -0.15) is 0 Å². The number of hydrogen-bond acceptors (Lipinski definition) is 4. The summed E-state index contributed by atoms with van der Waals surface area (Å²) in [5, 5.41) is 0. The predicted octanol–water partition coefficient (Wildman–Crippen LogP) is 1.38. The maximum Gasteiger partial charge on any atom is 0.335 e. The summed E-state index contributed by atoms with van der Waals surface area (Å²) in [6.07, 6.45) is -0.327. The van der Waals surface area contributed by atoms with Crippen LogP contribution < -0.4 is 0 Å². The molecule has 0 aromatic heterocycles. The van der Waals surface area contributed by atoms with Crippen LogP contribution in [0.3, 0.4) is 0 Å². The van der Waals surface area contributed by atoms with Gasteiger partial charge < -0.3 is 9.47 Å². The summed E-state index contributed by atoms with van der Waals surface area (Å²) in [6, 6.07) is 9.45. The first-order chi connectivity index (χ1) is 8.13. The molecule has 1 unspecified atom stereocenters. The maximum atomic E-state index is 11.5. The number of methoxy groups -OCH3 is 1. The van der Waals surface area contributed by atoms with Crippen molar-refractivity contribution < 1.29 is 19.1 Å². The van der Waals surface area contributed by atoms with Crippen LogP contribution in [-0.2, 0) is 25.5 Å². The number of benzene rings is 1. The Labute approximate surface area is 101 Å². The first-order valence-electron chi connectivity index (χ1n) is 5.36. The third-order valence-corrected chi connectivity index (χ3v) is 2.22. The Morgan fingerprint density at radius 1 is 1.24 bits per heavy atom. The van der Waals surface area contributed by atoms with Crippen molar-refractivity contribution in [1.29, 1.82) is 0 Å². The van der Waals surface area contributed by atoms with E-state index >= 15 is 0 Å². The highest BCUT2D eigenvalue weighted by Crippen LogP contribution is 2.07. The Balaban J connectivity index is 2.63. The van der Waals surface area contributed by atoms with Gasteiger partial charge >= 0.3 is 5.97 Å². The summed E-state index contributed by atoms with van der Waals surface area (Å²) in [4.78, 5) is 22.3. The van der Waals surface area contributed by atoms with Gasteiger partial charge in [0.1, 0.15) is 6.61 Å². The lowest BCUT2D eigenvalue weighted by atomic mass is 10.1. The fourth-order valence-corrected chi connectivity index (χ4v) is 1.39. The van der Waals surface area contributed by atoms with Crippen LogP contribution in [0.2, 0.25) is 0 Å². The molecule has 0 aliphatic rings. The minimum Gasteiger partial charge on any atom is -0.467 e. The molecule has 1 rings (SSSR count). The molecule has 92 valence electrons. The van der Waals surface area contributed by atoms with Crippen molar-refractivity contribution in [2.45, 2.75) is 19.4 Å². The Morgan fingerprint density at radius 3 is 2.41 bits per heavy atom. The van der Waals surface area contributed by atoms with E-state index in [1.807, 2.05) is 30.3 Å². The zero-order chi connectivity index (χ0) is 12.7. The maximum absolute atomic E-state index is 11.5. The van der Waals surface area contributed by atoms with Gasteiger partial charge in [-0.25, -0.2) is 4.79 Å². The van der Waals surface area contributed by atoms with Crippen molar-refractivity contribution in [1.82, 2.24) is 0 Å². The number of esters is 1. The molecule has 0 aliphatic heterocycles. The molecular formula is C13H16O4.